The van der Waals surface area contributed by atoms with Crippen molar-refractivity contribution >= 4 is 56.5 Å². The number of fused-ring (bicyclic) bond motifs is 3. The molecule has 8 heteroatoms. The summed E-state index contributed by atoms with van der Waals surface area (Å²) in [7, 11) is 0. The first-order valence-corrected chi connectivity index (χ1v) is 12.5. The molecule has 2 aromatic heterocycles. The number of hydrogen-bond donors (Lipinski definition) is 2. The summed E-state index contributed by atoms with van der Waals surface area (Å²) in [6.07, 6.45) is 6.97. The third-order valence-electron chi connectivity index (χ3n) is 5.55. The van der Waals surface area contributed by atoms with Gasteiger partial charge in [-0.05, 0) is 62.3 Å². The number of anilines is 2. The van der Waals surface area contributed by atoms with Crippen LogP contribution in [0.1, 0.15) is 54.8 Å². The molecule has 6 nitrogen and oxygen atoms in total. The number of carbonyl (C=O) groups excluding carboxylic acids is 2. The molecule has 5 rings (SSSR count). The highest BCUT2D eigenvalue weighted by Gasteiger charge is 2.29. The quantitative estimate of drug-likeness (QED) is 0.400. The van der Waals surface area contributed by atoms with Crippen LogP contribution in [-0.4, -0.2) is 27.5 Å². The van der Waals surface area contributed by atoms with Crippen molar-refractivity contribution in [1.29, 1.82) is 0 Å². The Morgan fingerprint density at radius 1 is 1.13 bits per heavy atom. The Hall–Kier alpha value is -2.45. The van der Waals surface area contributed by atoms with Crippen molar-refractivity contribution in [3.8, 4) is 0 Å². The van der Waals surface area contributed by atoms with Gasteiger partial charge in [-0.2, -0.15) is 0 Å². The fourth-order valence-corrected chi connectivity index (χ4v) is 6.17. The number of rotatable bonds is 6. The minimum atomic E-state index is -0.141. The van der Waals surface area contributed by atoms with Gasteiger partial charge < -0.3 is 10.6 Å². The molecule has 160 valence electrons. The van der Waals surface area contributed by atoms with Crippen LogP contribution in [0, 0.1) is 0 Å². The number of thioether (sulfide) groups is 1. The molecule has 1 fully saturated rings. The van der Waals surface area contributed by atoms with Crippen molar-refractivity contribution in [2.45, 2.75) is 56.4 Å². The molecular formula is C23H24N4O2S2. The number of aromatic nitrogens is 2. The van der Waals surface area contributed by atoms with Crippen LogP contribution in [0.25, 0.3) is 10.2 Å². The fraction of sp³-hybridized carbons (Fsp3) is 0.391. The van der Waals surface area contributed by atoms with Gasteiger partial charge in [0.1, 0.15) is 15.7 Å². The molecule has 3 aromatic rings. The van der Waals surface area contributed by atoms with E-state index in [0.29, 0.717) is 17.3 Å². The second-order valence-electron chi connectivity index (χ2n) is 8.15. The summed E-state index contributed by atoms with van der Waals surface area (Å²) in [5, 5.41) is 7.79. The normalized spacial score (nSPS) is 15.5. The number of hydrogen-bond acceptors (Lipinski definition) is 6. The molecule has 0 aliphatic heterocycles. The van der Waals surface area contributed by atoms with E-state index in [1.807, 2.05) is 23.5 Å². The maximum atomic E-state index is 12.7. The highest BCUT2D eigenvalue weighted by molar-refractivity contribution is 8.00. The Balaban J connectivity index is 1.35. The molecule has 0 saturated heterocycles. The zero-order valence-electron chi connectivity index (χ0n) is 17.4. The molecule has 0 radical (unpaired) electrons. The number of amides is 2. The lowest BCUT2D eigenvalue weighted by Gasteiger charge is -2.12. The minimum Gasteiger partial charge on any atom is -0.326 e. The van der Waals surface area contributed by atoms with Crippen molar-refractivity contribution in [2.24, 2.45) is 0 Å². The summed E-state index contributed by atoms with van der Waals surface area (Å²) >= 11 is 3.32. The predicted octanol–water partition coefficient (Wildman–Crippen LogP) is 5.14. The monoisotopic (exact) mass is 452 g/mol. The first-order valence-electron chi connectivity index (χ1n) is 10.7. The smallest absolute Gasteiger partial charge is 0.234 e. The average molecular weight is 453 g/mol. The lowest BCUT2D eigenvalue weighted by molar-refractivity contribution is -0.114. The van der Waals surface area contributed by atoms with Crippen molar-refractivity contribution in [1.82, 2.24) is 9.97 Å². The molecule has 0 atom stereocenters. The van der Waals surface area contributed by atoms with E-state index < -0.39 is 0 Å². The van der Waals surface area contributed by atoms with Gasteiger partial charge in [0.2, 0.25) is 11.8 Å². The van der Waals surface area contributed by atoms with Crippen LogP contribution in [0.5, 0.6) is 0 Å². The number of nitrogens with one attached hydrogen (secondary N) is 2. The average Bonchev–Trinajstić information content (AvgIpc) is 3.52. The first-order chi connectivity index (χ1) is 15.1. The van der Waals surface area contributed by atoms with Gasteiger partial charge in [-0.15, -0.1) is 11.3 Å². The first kappa shape index (κ1) is 20.5. The van der Waals surface area contributed by atoms with E-state index in [0.717, 1.165) is 41.4 Å². The number of benzene rings is 1. The van der Waals surface area contributed by atoms with Crippen LogP contribution in [0.2, 0.25) is 0 Å². The summed E-state index contributed by atoms with van der Waals surface area (Å²) in [6.45, 7) is 1.46. The van der Waals surface area contributed by atoms with Gasteiger partial charge >= 0.3 is 0 Å². The second-order valence-corrected chi connectivity index (χ2v) is 10.2. The molecule has 2 N–H and O–H groups in total. The van der Waals surface area contributed by atoms with Crippen LogP contribution in [0.15, 0.2) is 29.3 Å². The Labute approximate surface area is 189 Å². The largest absolute Gasteiger partial charge is 0.326 e. The van der Waals surface area contributed by atoms with Crippen molar-refractivity contribution in [3.05, 3.63) is 40.5 Å². The van der Waals surface area contributed by atoms with Crippen molar-refractivity contribution in [2.75, 3.05) is 16.4 Å². The SMILES string of the molecule is CC(=O)Nc1cccc(NC(=O)CSc2nc(C3CC3)nc3sc4c(c23)CCCC4)c1. The van der Waals surface area contributed by atoms with Gasteiger partial charge in [-0.25, -0.2) is 9.97 Å². The molecule has 0 bridgehead atoms. The third kappa shape index (κ3) is 4.60. The van der Waals surface area contributed by atoms with Crippen LogP contribution in [0.3, 0.4) is 0 Å². The molecule has 31 heavy (non-hydrogen) atoms. The van der Waals surface area contributed by atoms with Gasteiger partial charge in [0.25, 0.3) is 0 Å². The van der Waals surface area contributed by atoms with Gasteiger partial charge in [-0.1, -0.05) is 17.8 Å². The summed E-state index contributed by atoms with van der Waals surface area (Å²) in [6, 6.07) is 7.18. The Morgan fingerprint density at radius 3 is 2.68 bits per heavy atom. The fourth-order valence-electron chi connectivity index (χ4n) is 3.98. The van der Waals surface area contributed by atoms with E-state index in [1.165, 1.54) is 47.4 Å². The minimum absolute atomic E-state index is 0.0891. The van der Waals surface area contributed by atoms with Gasteiger partial charge in [-0.3, -0.25) is 9.59 Å². The summed E-state index contributed by atoms with van der Waals surface area (Å²) in [5.74, 6) is 1.47. The molecule has 2 aliphatic carbocycles. The third-order valence-corrected chi connectivity index (χ3v) is 7.71. The Kier molecular flexibility index (Phi) is 5.67. The van der Waals surface area contributed by atoms with Crippen LogP contribution in [-0.2, 0) is 22.4 Å². The van der Waals surface area contributed by atoms with Crippen LogP contribution >= 0.6 is 23.1 Å². The van der Waals surface area contributed by atoms with Gasteiger partial charge in [0.15, 0.2) is 0 Å². The summed E-state index contributed by atoms with van der Waals surface area (Å²) < 4.78 is 0. The van der Waals surface area contributed by atoms with Crippen LogP contribution < -0.4 is 10.6 Å². The Morgan fingerprint density at radius 2 is 1.90 bits per heavy atom. The number of aryl methyl sites for hydroxylation is 2. The molecule has 1 aromatic carbocycles. The molecule has 2 amide bonds. The summed E-state index contributed by atoms with van der Waals surface area (Å²) in [5.41, 5.74) is 2.73. The highest BCUT2D eigenvalue weighted by atomic mass is 32.2. The predicted molar refractivity (Wildman–Crippen MR) is 126 cm³/mol. The molecule has 2 heterocycles. The molecule has 0 spiro atoms. The standard InChI is InChI=1S/C23H24N4O2S2/c1-13(28)24-15-5-4-6-16(11-15)25-19(29)12-30-22-20-17-7-2-3-8-18(17)31-23(20)27-21(26-22)14-9-10-14/h4-6,11,14H,2-3,7-10,12H2,1H3,(H,24,28)(H,25,29). The lowest BCUT2D eigenvalue weighted by Crippen LogP contribution is -2.15. The summed E-state index contributed by atoms with van der Waals surface area (Å²) in [4.78, 5) is 36.2. The number of carbonyl (C=O) groups is 2. The molecule has 2 aliphatic rings. The second kappa shape index (κ2) is 8.59. The molecular weight excluding hydrogens is 428 g/mol. The van der Waals surface area contributed by atoms with E-state index in [9.17, 15) is 9.59 Å². The van der Waals surface area contributed by atoms with E-state index in [2.05, 4.69) is 10.6 Å². The van der Waals surface area contributed by atoms with E-state index in [-0.39, 0.29) is 17.6 Å². The maximum absolute atomic E-state index is 12.7. The van der Waals surface area contributed by atoms with Gasteiger partial charge in [0.05, 0.1) is 5.75 Å². The molecule has 0 unspecified atom stereocenters. The van der Waals surface area contributed by atoms with E-state index in [1.54, 1.807) is 12.1 Å². The number of thiophene rings is 1. The lowest BCUT2D eigenvalue weighted by atomic mass is 9.97. The van der Waals surface area contributed by atoms with Crippen molar-refractivity contribution in [3.63, 3.8) is 0 Å². The highest BCUT2D eigenvalue weighted by Crippen LogP contribution is 2.44. The zero-order chi connectivity index (χ0) is 21.4. The topological polar surface area (TPSA) is 84.0 Å². The van der Waals surface area contributed by atoms with Crippen molar-refractivity contribution < 1.29 is 9.59 Å². The van der Waals surface area contributed by atoms with Crippen LogP contribution in [0.4, 0.5) is 11.4 Å². The molecule has 1 saturated carbocycles. The zero-order valence-corrected chi connectivity index (χ0v) is 19.0. The maximum Gasteiger partial charge on any atom is 0.234 e. The van der Waals surface area contributed by atoms with E-state index in [4.69, 9.17) is 9.97 Å². The van der Waals surface area contributed by atoms with E-state index >= 15 is 0 Å². The number of nitrogens with zero attached hydrogens (tertiary/aromatic N) is 2. The van der Waals surface area contributed by atoms with Gasteiger partial charge in [0, 0.05) is 34.5 Å². The Bertz CT molecular complexity index is 1170.